The van der Waals surface area contributed by atoms with Crippen LogP contribution in [0.3, 0.4) is 0 Å². The van der Waals surface area contributed by atoms with Crippen molar-refractivity contribution in [1.29, 1.82) is 0 Å². The van der Waals surface area contributed by atoms with Crippen LogP contribution in [0.25, 0.3) is 0 Å². The number of aromatic nitrogens is 1. The number of thiazole rings is 1. The Morgan fingerprint density at radius 1 is 1.59 bits per heavy atom. The van der Waals surface area contributed by atoms with E-state index in [2.05, 4.69) is 10.3 Å². The lowest BCUT2D eigenvalue weighted by atomic mass is 10.1. The number of carboxylic acids is 1. The molecule has 2 heterocycles. The van der Waals surface area contributed by atoms with E-state index in [1.807, 2.05) is 16.8 Å². The average Bonchev–Trinajstić information content (AvgIpc) is 2.92. The molecule has 1 aliphatic rings. The molecular weight excluding hydrogens is 256 g/mol. The number of anilines is 2. The van der Waals surface area contributed by atoms with Crippen LogP contribution in [0.2, 0.25) is 0 Å². The zero-order valence-corrected chi connectivity index (χ0v) is 10.5. The van der Waals surface area contributed by atoms with Crippen molar-refractivity contribution < 1.29 is 9.90 Å². The van der Waals surface area contributed by atoms with Gasteiger partial charge in [0.1, 0.15) is 5.92 Å². The van der Waals surface area contributed by atoms with Gasteiger partial charge in [0.05, 0.1) is 11.4 Å². The molecule has 0 saturated heterocycles. The van der Waals surface area contributed by atoms with Gasteiger partial charge in [0.15, 0.2) is 5.13 Å². The topological polar surface area (TPSA) is 62.2 Å². The van der Waals surface area contributed by atoms with Crippen LogP contribution in [0, 0.1) is 0 Å². The quantitative estimate of drug-likeness (QED) is 0.896. The molecule has 0 aromatic carbocycles. The van der Waals surface area contributed by atoms with Crippen LogP contribution in [-0.4, -0.2) is 16.1 Å². The summed E-state index contributed by atoms with van der Waals surface area (Å²) in [4.78, 5) is 16.5. The SMILES string of the molecule is O=C(O)C1CCc2sc(Nc3ccsc3)nc21. The molecule has 1 unspecified atom stereocenters. The van der Waals surface area contributed by atoms with Gasteiger partial charge in [-0.2, -0.15) is 11.3 Å². The predicted molar refractivity (Wildman–Crippen MR) is 68.4 cm³/mol. The molecule has 0 bridgehead atoms. The summed E-state index contributed by atoms with van der Waals surface area (Å²) < 4.78 is 0. The van der Waals surface area contributed by atoms with Crippen molar-refractivity contribution in [1.82, 2.24) is 4.98 Å². The lowest BCUT2D eigenvalue weighted by Gasteiger charge is -2.02. The van der Waals surface area contributed by atoms with Crippen molar-refractivity contribution in [2.75, 3.05) is 5.32 Å². The number of aliphatic carboxylic acids is 1. The van der Waals surface area contributed by atoms with Gasteiger partial charge in [-0.05, 0) is 24.3 Å². The first-order valence-electron chi connectivity index (χ1n) is 5.25. The van der Waals surface area contributed by atoms with Crippen LogP contribution < -0.4 is 5.32 Å². The zero-order chi connectivity index (χ0) is 11.8. The average molecular weight is 266 g/mol. The third-order valence-electron chi connectivity index (χ3n) is 2.79. The fourth-order valence-corrected chi connectivity index (χ4v) is 3.63. The number of aryl methyl sites for hydroxylation is 1. The number of hydrogen-bond donors (Lipinski definition) is 2. The van der Waals surface area contributed by atoms with Gasteiger partial charge >= 0.3 is 5.97 Å². The highest BCUT2D eigenvalue weighted by atomic mass is 32.1. The van der Waals surface area contributed by atoms with E-state index in [1.54, 1.807) is 22.7 Å². The Hall–Kier alpha value is -1.40. The van der Waals surface area contributed by atoms with Crippen molar-refractivity contribution in [2.45, 2.75) is 18.8 Å². The Bertz CT molecular complexity index is 548. The first kappa shape index (κ1) is 10.7. The molecule has 1 atom stereocenters. The molecule has 17 heavy (non-hydrogen) atoms. The normalized spacial score (nSPS) is 18.0. The molecule has 0 spiro atoms. The van der Waals surface area contributed by atoms with E-state index in [9.17, 15) is 4.79 Å². The first-order chi connectivity index (χ1) is 8.24. The number of nitrogens with one attached hydrogen (secondary N) is 1. The second kappa shape index (κ2) is 4.12. The monoisotopic (exact) mass is 266 g/mol. The molecule has 2 aromatic heterocycles. The molecule has 0 aliphatic heterocycles. The number of carboxylic acid groups (broad SMARTS) is 1. The molecule has 88 valence electrons. The van der Waals surface area contributed by atoms with Crippen LogP contribution in [0.5, 0.6) is 0 Å². The van der Waals surface area contributed by atoms with Gasteiger partial charge in [0, 0.05) is 10.3 Å². The predicted octanol–water partition coefficient (Wildman–Crippen LogP) is 3.06. The number of nitrogens with zero attached hydrogens (tertiary/aromatic N) is 1. The summed E-state index contributed by atoms with van der Waals surface area (Å²) in [5, 5.41) is 17.1. The minimum atomic E-state index is -0.767. The van der Waals surface area contributed by atoms with Crippen LogP contribution in [0.15, 0.2) is 16.8 Å². The summed E-state index contributed by atoms with van der Waals surface area (Å²) in [5.41, 5.74) is 1.76. The number of thiophene rings is 1. The van der Waals surface area contributed by atoms with Gasteiger partial charge in [-0.1, -0.05) is 0 Å². The highest BCUT2D eigenvalue weighted by Gasteiger charge is 2.32. The van der Waals surface area contributed by atoms with Gasteiger partial charge < -0.3 is 10.4 Å². The minimum Gasteiger partial charge on any atom is -0.481 e. The molecule has 4 nitrogen and oxygen atoms in total. The van der Waals surface area contributed by atoms with Gasteiger partial charge in [-0.3, -0.25) is 4.79 Å². The summed E-state index contributed by atoms with van der Waals surface area (Å²) >= 11 is 3.18. The van der Waals surface area contributed by atoms with Crippen molar-refractivity contribution in [2.24, 2.45) is 0 Å². The molecule has 3 rings (SSSR count). The number of rotatable bonds is 3. The maximum Gasteiger partial charge on any atom is 0.312 e. The van der Waals surface area contributed by atoms with Crippen molar-refractivity contribution in [3.63, 3.8) is 0 Å². The molecular formula is C11H10N2O2S2. The van der Waals surface area contributed by atoms with Crippen LogP contribution >= 0.6 is 22.7 Å². The van der Waals surface area contributed by atoms with Crippen LogP contribution in [0.1, 0.15) is 22.9 Å². The van der Waals surface area contributed by atoms with Gasteiger partial charge in [-0.15, -0.1) is 11.3 Å². The molecule has 0 saturated carbocycles. The van der Waals surface area contributed by atoms with E-state index in [0.29, 0.717) is 6.42 Å². The number of hydrogen-bond acceptors (Lipinski definition) is 5. The Kier molecular flexibility index (Phi) is 2.60. The third-order valence-corrected chi connectivity index (χ3v) is 4.52. The number of fused-ring (bicyclic) bond motifs is 1. The fraction of sp³-hybridized carbons (Fsp3) is 0.273. The summed E-state index contributed by atoms with van der Waals surface area (Å²) in [5.74, 6) is -1.18. The molecule has 6 heteroatoms. The third kappa shape index (κ3) is 1.94. The zero-order valence-electron chi connectivity index (χ0n) is 8.84. The van der Waals surface area contributed by atoms with Gasteiger partial charge in [0.25, 0.3) is 0 Å². The first-order valence-corrected chi connectivity index (χ1v) is 7.01. The van der Waals surface area contributed by atoms with E-state index < -0.39 is 11.9 Å². The highest BCUT2D eigenvalue weighted by Crippen LogP contribution is 2.39. The Morgan fingerprint density at radius 3 is 3.18 bits per heavy atom. The number of carbonyl (C=O) groups is 1. The standard InChI is InChI=1S/C11H10N2O2S2/c14-10(15)7-1-2-8-9(7)13-11(17-8)12-6-3-4-16-5-6/h3-5,7H,1-2H2,(H,12,13)(H,14,15). The van der Waals surface area contributed by atoms with E-state index in [0.717, 1.165) is 27.8 Å². The Balaban J connectivity index is 1.86. The van der Waals surface area contributed by atoms with E-state index >= 15 is 0 Å². The lowest BCUT2D eigenvalue weighted by molar-refractivity contribution is -0.138. The molecule has 0 radical (unpaired) electrons. The van der Waals surface area contributed by atoms with Crippen molar-refractivity contribution >= 4 is 39.5 Å². The maximum absolute atomic E-state index is 11.0. The van der Waals surface area contributed by atoms with E-state index in [4.69, 9.17) is 5.11 Å². The van der Waals surface area contributed by atoms with Gasteiger partial charge in [-0.25, -0.2) is 4.98 Å². The summed E-state index contributed by atoms with van der Waals surface area (Å²) in [6.07, 6.45) is 1.51. The van der Waals surface area contributed by atoms with Crippen LogP contribution in [0.4, 0.5) is 10.8 Å². The fourth-order valence-electron chi connectivity index (χ4n) is 1.98. The molecule has 0 fully saturated rings. The summed E-state index contributed by atoms with van der Waals surface area (Å²) in [6, 6.07) is 1.98. The Morgan fingerprint density at radius 2 is 2.47 bits per heavy atom. The summed E-state index contributed by atoms with van der Waals surface area (Å²) in [7, 11) is 0. The highest BCUT2D eigenvalue weighted by molar-refractivity contribution is 7.15. The van der Waals surface area contributed by atoms with E-state index in [-0.39, 0.29) is 0 Å². The van der Waals surface area contributed by atoms with Crippen molar-refractivity contribution in [3.8, 4) is 0 Å². The second-order valence-corrected chi connectivity index (χ2v) is 5.76. The van der Waals surface area contributed by atoms with Crippen molar-refractivity contribution in [3.05, 3.63) is 27.4 Å². The molecule has 0 amide bonds. The van der Waals surface area contributed by atoms with Crippen LogP contribution in [-0.2, 0) is 11.2 Å². The Labute approximate surface area is 106 Å². The molecule has 2 N–H and O–H groups in total. The minimum absolute atomic E-state index is 0.417. The largest absolute Gasteiger partial charge is 0.481 e. The lowest BCUT2D eigenvalue weighted by Crippen LogP contribution is -2.08. The molecule has 2 aromatic rings. The second-order valence-electron chi connectivity index (χ2n) is 3.89. The summed E-state index contributed by atoms with van der Waals surface area (Å²) in [6.45, 7) is 0. The van der Waals surface area contributed by atoms with E-state index in [1.165, 1.54) is 0 Å². The van der Waals surface area contributed by atoms with Gasteiger partial charge in [0.2, 0.25) is 0 Å². The smallest absolute Gasteiger partial charge is 0.312 e. The molecule has 1 aliphatic carbocycles. The maximum atomic E-state index is 11.0.